The van der Waals surface area contributed by atoms with Crippen LogP contribution in [0.1, 0.15) is 32.6 Å². The summed E-state index contributed by atoms with van der Waals surface area (Å²) in [5.74, 6) is 1.82. The van der Waals surface area contributed by atoms with Crippen molar-refractivity contribution in [3.63, 3.8) is 0 Å². The molecule has 1 fully saturated rings. The van der Waals surface area contributed by atoms with Gasteiger partial charge in [-0.05, 0) is 38.5 Å². The van der Waals surface area contributed by atoms with Crippen molar-refractivity contribution in [2.45, 2.75) is 32.6 Å². The molecule has 1 heterocycles. The van der Waals surface area contributed by atoms with Crippen molar-refractivity contribution >= 4 is 5.96 Å². The van der Waals surface area contributed by atoms with Gasteiger partial charge in [0.1, 0.15) is 0 Å². The Kier molecular flexibility index (Phi) is 5.52. The van der Waals surface area contributed by atoms with Crippen LogP contribution in [0.2, 0.25) is 0 Å². The van der Waals surface area contributed by atoms with Gasteiger partial charge in [0.05, 0.1) is 13.2 Å². The standard InChI is InChI=1S/C14H25N3O/c1-2-15-14(17-11-13-3-4-13)16-8-5-12-6-9-18-10-7-12/h6,13H,2-5,7-11H2,1H3,(H2,15,16,17). The minimum absolute atomic E-state index is 0.783. The molecule has 0 radical (unpaired) electrons. The summed E-state index contributed by atoms with van der Waals surface area (Å²) < 4.78 is 5.30. The summed E-state index contributed by atoms with van der Waals surface area (Å²) >= 11 is 0. The Labute approximate surface area is 110 Å². The summed E-state index contributed by atoms with van der Waals surface area (Å²) in [6.45, 7) is 6.63. The van der Waals surface area contributed by atoms with Crippen LogP contribution < -0.4 is 10.6 Å². The summed E-state index contributed by atoms with van der Waals surface area (Å²) in [5.41, 5.74) is 1.51. The van der Waals surface area contributed by atoms with Crippen LogP contribution in [0.5, 0.6) is 0 Å². The smallest absolute Gasteiger partial charge is 0.191 e. The Balaban J connectivity index is 1.67. The van der Waals surface area contributed by atoms with Gasteiger partial charge in [-0.1, -0.05) is 11.6 Å². The molecule has 102 valence electrons. The van der Waals surface area contributed by atoms with Crippen LogP contribution in [0.15, 0.2) is 16.6 Å². The van der Waals surface area contributed by atoms with Gasteiger partial charge in [0.25, 0.3) is 0 Å². The van der Waals surface area contributed by atoms with Crippen LogP contribution in [-0.2, 0) is 4.74 Å². The second kappa shape index (κ2) is 7.41. The van der Waals surface area contributed by atoms with E-state index in [4.69, 9.17) is 4.74 Å². The largest absolute Gasteiger partial charge is 0.377 e. The van der Waals surface area contributed by atoms with E-state index in [9.17, 15) is 0 Å². The molecule has 0 atom stereocenters. The van der Waals surface area contributed by atoms with E-state index < -0.39 is 0 Å². The van der Waals surface area contributed by atoms with Crippen LogP contribution in [0.3, 0.4) is 0 Å². The summed E-state index contributed by atoms with van der Waals surface area (Å²) in [4.78, 5) is 4.61. The molecule has 1 aliphatic carbocycles. The number of rotatable bonds is 6. The van der Waals surface area contributed by atoms with Gasteiger partial charge in [0.15, 0.2) is 5.96 Å². The van der Waals surface area contributed by atoms with Gasteiger partial charge in [-0.25, -0.2) is 0 Å². The Morgan fingerprint density at radius 1 is 1.44 bits per heavy atom. The average Bonchev–Trinajstić information content (AvgIpc) is 3.21. The Bertz CT molecular complexity index is 308. The molecular weight excluding hydrogens is 226 g/mol. The van der Waals surface area contributed by atoms with E-state index in [1.807, 2.05) is 0 Å². The first-order chi connectivity index (χ1) is 8.88. The second-order valence-electron chi connectivity index (χ2n) is 5.03. The minimum Gasteiger partial charge on any atom is -0.377 e. The van der Waals surface area contributed by atoms with Crippen molar-refractivity contribution in [2.75, 3.05) is 32.8 Å². The Hall–Kier alpha value is -1.03. The molecule has 1 saturated carbocycles. The first-order valence-electron chi connectivity index (χ1n) is 7.16. The molecule has 0 aromatic heterocycles. The van der Waals surface area contributed by atoms with Gasteiger partial charge in [0.2, 0.25) is 0 Å². The molecule has 0 amide bonds. The quantitative estimate of drug-likeness (QED) is 0.429. The lowest BCUT2D eigenvalue weighted by atomic mass is 10.1. The molecular formula is C14H25N3O. The van der Waals surface area contributed by atoms with Crippen molar-refractivity contribution in [1.82, 2.24) is 10.6 Å². The second-order valence-corrected chi connectivity index (χ2v) is 5.03. The van der Waals surface area contributed by atoms with Crippen molar-refractivity contribution in [1.29, 1.82) is 0 Å². The maximum Gasteiger partial charge on any atom is 0.191 e. The fourth-order valence-corrected chi connectivity index (χ4v) is 2.00. The highest BCUT2D eigenvalue weighted by atomic mass is 16.5. The van der Waals surface area contributed by atoms with Crippen molar-refractivity contribution in [2.24, 2.45) is 10.9 Å². The zero-order chi connectivity index (χ0) is 12.6. The number of nitrogens with zero attached hydrogens (tertiary/aromatic N) is 1. The molecule has 4 heteroatoms. The lowest BCUT2D eigenvalue weighted by Gasteiger charge is -2.15. The highest BCUT2D eigenvalue weighted by Gasteiger charge is 2.20. The molecule has 2 N–H and O–H groups in total. The number of nitrogens with one attached hydrogen (secondary N) is 2. The van der Waals surface area contributed by atoms with Crippen molar-refractivity contribution < 1.29 is 4.74 Å². The predicted octanol–water partition coefficient (Wildman–Crippen LogP) is 1.69. The van der Waals surface area contributed by atoms with Gasteiger partial charge in [-0.3, -0.25) is 4.99 Å². The van der Waals surface area contributed by atoms with Gasteiger partial charge >= 0.3 is 0 Å². The highest BCUT2D eigenvalue weighted by molar-refractivity contribution is 5.79. The van der Waals surface area contributed by atoms with E-state index in [1.54, 1.807) is 0 Å². The summed E-state index contributed by atoms with van der Waals surface area (Å²) in [5, 5.41) is 6.71. The molecule has 4 nitrogen and oxygen atoms in total. The van der Waals surface area contributed by atoms with E-state index in [1.165, 1.54) is 18.4 Å². The average molecular weight is 251 g/mol. The molecule has 0 aromatic rings. The molecule has 2 aliphatic rings. The topological polar surface area (TPSA) is 45.7 Å². The first kappa shape index (κ1) is 13.4. The number of hydrogen-bond donors (Lipinski definition) is 2. The zero-order valence-corrected chi connectivity index (χ0v) is 11.4. The van der Waals surface area contributed by atoms with Crippen LogP contribution in [0, 0.1) is 5.92 Å². The molecule has 2 rings (SSSR count). The summed E-state index contributed by atoms with van der Waals surface area (Å²) in [6, 6.07) is 0. The van der Waals surface area contributed by atoms with Gasteiger partial charge in [-0.2, -0.15) is 0 Å². The summed E-state index contributed by atoms with van der Waals surface area (Å²) in [7, 11) is 0. The molecule has 0 unspecified atom stereocenters. The SMILES string of the molecule is CCNC(=NCC1CC1)NCCC1=CCOCC1. The fraction of sp³-hybridized carbons (Fsp3) is 0.786. The highest BCUT2D eigenvalue weighted by Crippen LogP contribution is 2.28. The third-order valence-corrected chi connectivity index (χ3v) is 3.34. The monoisotopic (exact) mass is 251 g/mol. The van der Waals surface area contributed by atoms with E-state index in [2.05, 4.69) is 28.6 Å². The number of guanidine groups is 1. The molecule has 0 aromatic carbocycles. The zero-order valence-electron chi connectivity index (χ0n) is 11.4. The van der Waals surface area contributed by atoms with Crippen molar-refractivity contribution in [3.05, 3.63) is 11.6 Å². The normalized spacial score (nSPS) is 20.5. The maximum absolute atomic E-state index is 5.30. The molecule has 18 heavy (non-hydrogen) atoms. The maximum atomic E-state index is 5.30. The van der Waals surface area contributed by atoms with Crippen LogP contribution >= 0.6 is 0 Å². The number of aliphatic imine (C=N–C) groups is 1. The van der Waals surface area contributed by atoms with Crippen LogP contribution in [0.25, 0.3) is 0 Å². The molecule has 1 aliphatic heterocycles. The van der Waals surface area contributed by atoms with Gasteiger partial charge in [-0.15, -0.1) is 0 Å². The van der Waals surface area contributed by atoms with E-state index in [0.29, 0.717) is 0 Å². The fourth-order valence-electron chi connectivity index (χ4n) is 2.00. The predicted molar refractivity (Wildman–Crippen MR) is 74.8 cm³/mol. The van der Waals surface area contributed by atoms with Crippen LogP contribution in [-0.4, -0.2) is 38.8 Å². The number of hydrogen-bond acceptors (Lipinski definition) is 2. The third kappa shape index (κ3) is 5.08. The van der Waals surface area contributed by atoms with E-state index >= 15 is 0 Å². The lowest BCUT2D eigenvalue weighted by Crippen LogP contribution is -2.38. The minimum atomic E-state index is 0.783. The van der Waals surface area contributed by atoms with Gasteiger partial charge < -0.3 is 15.4 Å². The molecule has 0 bridgehead atoms. The third-order valence-electron chi connectivity index (χ3n) is 3.34. The first-order valence-corrected chi connectivity index (χ1v) is 7.16. The Morgan fingerprint density at radius 3 is 3.00 bits per heavy atom. The van der Waals surface area contributed by atoms with Crippen molar-refractivity contribution in [3.8, 4) is 0 Å². The van der Waals surface area contributed by atoms with Gasteiger partial charge in [0, 0.05) is 19.6 Å². The molecule has 0 saturated heterocycles. The summed E-state index contributed by atoms with van der Waals surface area (Å²) in [6.07, 6.45) is 7.10. The number of ether oxygens (including phenoxy) is 1. The van der Waals surface area contributed by atoms with E-state index in [0.717, 1.165) is 57.6 Å². The molecule has 0 spiro atoms. The van der Waals surface area contributed by atoms with E-state index in [-0.39, 0.29) is 0 Å². The lowest BCUT2D eigenvalue weighted by molar-refractivity contribution is 0.153. The Morgan fingerprint density at radius 2 is 2.33 bits per heavy atom. The van der Waals surface area contributed by atoms with Crippen LogP contribution in [0.4, 0.5) is 0 Å².